The molecule has 0 atom stereocenters. The Bertz CT molecular complexity index is 383. The van der Waals surface area contributed by atoms with Crippen LogP contribution in [0.4, 0.5) is 5.69 Å². The first-order chi connectivity index (χ1) is 8.17. The Kier molecular flexibility index (Phi) is 5.69. The van der Waals surface area contributed by atoms with Crippen LogP contribution in [0.2, 0.25) is 0 Å². The second kappa shape index (κ2) is 7.06. The monoisotopic (exact) mass is 254 g/mol. The van der Waals surface area contributed by atoms with E-state index in [1.54, 1.807) is 24.9 Å². The average Bonchev–Trinajstić information content (AvgIpc) is 2.31. The zero-order chi connectivity index (χ0) is 12.7. The molecular formula is C12H18N2O2S. The molecule has 0 spiro atoms. The van der Waals surface area contributed by atoms with E-state index in [2.05, 4.69) is 5.32 Å². The third kappa shape index (κ3) is 4.56. The molecule has 1 aromatic carbocycles. The van der Waals surface area contributed by atoms with Crippen LogP contribution in [-0.4, -0.2) is 25.3 Å². The van der Waals surface area contributed by atoms with E-state index in [4.69, 9.17) is 10.5 Å². The van der Waals surface area contributed by atoms with Crippen molar-refractivity contribution >= 4 is 23.4 Å². The lowest BCUT2D eigenvalue weighted by Crippen LogP contribution is -2.24. The van der Waals surface area contributed by atoms with Gasteiger partial charge in [-0.1, -0.05) is 6.07 Å². The molecule has 0 saturated carbocycles. The van der Waals surface area contributed by atoms with Crippen LogP contribution in [0.15, 0.2) is 18.2 Å². The highest BCUT2D eigenvalue weighted by Gasteiger charge is 2.05. The van der Waals surface area contributed by atoms with Gasteiger partial charge < -0.3 is 15.8 Å². The average molecular weight is 254 g/mol. The molecule has 4 nitrogen and oxygen atoms in total. The molecule has 94 valence electrons. The number of ether oxygens (including phenoxy) is 1. The lowest BCUT2D eigenvalue weighted by molar-refractivity contribution is -0.118. The molecule has 0 radical (unpaired) electrons. The smallest absolute Gasteiger partial charge is 0.229 e. The summed E-state index contributed by atoms with van der Waals surface area (Å²) in [7, 11) is 1.62. The molecule has 0 fully saturated rings. The Hall–Kier alpha value is -1.36. The second-order valence-electron chi connectivity index (χ2n) is 3.52. The van der Waals surface area contributed by atoms with Crippen molar-refractivity contribution < 1.29 is 9.53 Å². The summed E-state index contributed by atoms with van der Waals surface area (Å²) in [6.45, 7) is 2.58. The van der Waals surface area contributed by atoms with E-state index in [1.807, 2.05) is 19.1 Å². The predicted octanol–water partition coefficient (Wildman–Crippen LogP) is 1.65. The molecule has 0 bridgehead atoms. The fraction of sp³-hybridized carbons (Fsp3) is 0.417. The van der Waals surface area contributed by atoms with E-state index >= 15 is 0 Å². The molecule has 5 heteroatoms. The van der Waals surface area contributed by atoms with E-state index < -0.39 is 0 Å². The summed E-state index contributed by atoms with van der Waals surface area (Å²) in [6, 6.07) is 5.56. The van der Waals surface area contributed by atoms with Crippen molar-refractivity contribution in [2.24, 2.45) is 0 Å². The number of nitrogens with two attached hydrogens (primary N) is 1. The number of carbonyl (C=O) groups is 1. The van der Waals surface area contributed by atoms with E-state index in [-0.39, 0.29) is 5.91 Å². The highest BCUT2D eigenvalue weighted by Crippen LogP contribution is 2.25. The molecule has 17 heavy (non-hydrogen) atoms. The normalized spacial score (nSPS) is 10.0. The number of hydrogen-bond donors (Lipinski definition) is 2. The molecule has 0 heterocycles. The topological polar surface area (TPSA) is 64.4 Å². The number of hydrogen-bond acceptors (Lipinski definition) is 4. The lowest BCUT2D eigenvalue weighted by Gasteiger charge is -2.09. The number of carbonyl (C=O) groups excluding carboxylic acids is 1. The van der Waals surface area contributed by atoms with Gasteiger partial charge in [-0.15, -0.1) is 11.8 Å². The van der Waals surface area contributed by atoms with Gasteiger partial charge >= 0.3 is 0 Å². The number of benzene rings is 1. The molecule has 0 saturated heterocycles. The van der Waals surface area contributed by atoms with Crippen molar-refractivity contribution in [3.05, 3.63) is 23.8 Å². The first kappa shape index (κ1) is 13.7. The maximum Gasteiger partial charge on any atom is 0.229 e. The van der Waals surface area contributed by atoms with Crippen LogP contribution in [0.5, 0.6) is 5.75 Å². The van der Waals surface area contributed by atoms with Gasteiger partial charge in [0.2, 0.25) is 5.91 Å². The van der Waals surface area contributed by atoms with Crippen molar-refractivity contribution in [1.29, 1.82) is 0 Å². The minimum Gasteiger partial charge on any atom is -0.496 e. The van der Waals surface area contributed by atoms with Gasteiger partial charge in [-0.05, 0) is 13.0 Å². The van der Waals surface area contributed by atoms with E-state index in [0.717, 1.165) is 17.1 Å². The van der Waals surface area contributed by atoms with Crippen molar-refractivity contribution in [1.82, 2.24) is 5.32 Å². The fourth-order valence-electron chi connectivity index (χ4n) is 1.38. The number of nitrogen functional groups attached to an aromatic ring is 1. The zero-order valence-corrected chi connectivity index (χ0v) is 11.0. The predicted molar refractivity (Wildman–Crippen MR) is 72.3 cm³/mol. The molecule has 1 rings (SSSR count). The fourth-order valence-corrected chi connectivity index (χ4v) is 2.23. The summed E-state index contributed by atoms with van der Waals surface area (Å²) in [6.07, 6.45) is 0. The molecule has 0 aliphatic carbocycles. The minimum absolute atomic E-state index is 0.0620. The minimum atomic E-state index is 0.0620. The summed E-state index contributed by atoms with van der Waals surface area (Å²) < 4.78 is 5.24. The third-order valence-corrected chi connectivity index (χ3v) is 3.16. The lowest BCUT2D eigenvalue weighted by atomic mass is 10.2. The maximum atomic E-state index is 11.3. The first-order valence-corrected chi connectivity index (χ1v) is 6.59. The molecule has 0 aliphatic rings. The molecule has 3 N–H and O–H groups in total. The van der Waals surface area contributed by atoms with Gasteiger partial charge in [-0.2, -0.15) is 0 Å². The first-order valence-electron chi connectivity index (χ1n) is 5.44. The van der Waals surface area contributed by atoms with Crippen molar-refractivity contribution in [2.45, 2.75) is 12.7 Å². The number of anilines is 1. The van der Waals surface area contributed by atoms with Gasteiger partial charge in [-0.3, -0.25) is 4.79 Å². The van der Waals surface area contributed by atoms with Crippen LogP contribution in [0.25, 0.3) is 0 Å². The van der Waals surface area contributed by atoms with Gasteiger partial charge in [0.05, 0.1) is 12.9 Å². The van der Waals surface area contributed by atoms with Crippen LogP contribution in [-0.2, 0) is 10.5 Å². The van der Waals surface area contributed by atoms with Gasteiger partial charge in [0.15, 0.2) is 0 Å². The number of amides is 1. The molecule has 1 aromatic rings. The SMILES string of the molecule is CCNC(=O)CSCc1ccc(N)cc1OC. The summed E-state index contributed by atoms with van der Waals surface area (Å²) in [5.74, 6) is 2.03. The molecule has 1 amide bonds. The van der Waals surface area contributed by atoms with Crippen LogP contribution in [0.1, 0.15) is 12.5 Å². The van der Waals surface area contributed by atoms with Crippen LogP contribution < -0.4 is 15.8 Å². The maximum absolute atomic E-state index is 11.3. The largest absolute Gasteiger partial charge is 0.496 e. The number of rotatable bonds is 6. The number of thioether (sulfide) groups is 1. The number of methoxy groups -OCH3 is 1. The van der Waals surface area contributed by atoms with Crippen LogP contribution in [0, 0.1) is 0 Å². The standard InChI is InChI=1S/C12H18N2O2S/c1-3-14-12(15)8-17-7-9-4-5-10(13)6-11(9)16-2/h4-6H,3,7-8,13H2,1-2H3,(H,14,15). The Labute approximate surface area is 106 Å². The Morgan fingerprint density at radius 2 is 2.29 bits per heavy atom. The van der Waals surface area contributed by atoms with E-state index in [0.29, 0.717) is 18.0 Å². The van der Waals surface area contributed by atoms with Crippen molar-refractivity contribution in [3.63, 3.8) is 0 Å². The van der Waals surface area contributed by atoms with Gasteiger partial charge in [0.25, 0.3) is 0 Å². The molecular weight excluding hydrogens is 236 g/mol. The second-order valence-corrected chi connectivity index (χ2v) is 4.50. The third-order valence-electron chi connectivity index (χ3n) is 2.18. The quantitative estimate of drug-likeness (QED) is 0.758. The van der Waals surface area contributed by atoms with E-state index in [9.17, 15) is 4.79 Å². The van der Waals surface area contributed by atoms with Crippen molar-refractivity contribution in [3.8, 4) is 5.75 Å². The molecule has 0 aliphatic heterocycles. The zero-order valence-electron chi connectivity index (χ0n) is 10.2. The Morgan fingerprint density at radius 3 is 2.94 bits per heavy atom. The highest BCUT2D eigenvalue weighted by molar-refractivity contribution is 7.99. The van der Waals surface area contributed by atoms with Gasteiger partial charge in [-0.25, -0.2) is 0 Å². The van der Waals surface area contributed by atoms with Crippen LogP contribution >= 0.6 is 11.8 Å². The number of nitrogens with one attached hydrogen (secondary N) is 1. The van der Waals surface area contributed by atoms with Crippen LogP contribution in [0.3, 0.4) is 0 Å². The van der Waals surface area contributed by atoms with Crippen molar-refractivity contribution in [2.75, 3.05) is 25.1 Å². The summed E-state index contributed by atoms with van der Waals surface area (Å²) in [5, 5.41) is 2.76. The molecule has 0 aromatic heterocycles. The highest BCUT2D eigenvalue weighted by atomic mass is 32.2. The Balaban J connectivity index is 2.49. The summed E-state index contributed by atoms with van der Waals surface area (Å²) >= 11 is 1.56. The van der Waals surface area contributed by atoms with Gasteiger partial charge in [0.1, 0.15) is 5.75 Å². The molecule has 0 unspecified atom stereocenters. The summed E-state index contributed by atoms with van der Waals surface area (Å²) in [5.41, 5.74) is 7.40. The van der Waals surface area contributed by atoms with E-state index in [1.165, 1.54) is 0 Å². The summed E-state index contributed by atoms with van der Waals surface area (Å²) in [4.78, 5) is 11.3. The van der Waals surface area contributed by atoms with Gasteiger partial charge in [0, 0.05) is 29.6 Å². The Morgan fingerprint density at radius 1 is 1.53 bits per heavy atom.